The highest BCUT2D eigenvalue weighted by Gasteiger charge is 2.10. The number of hydrogen-bond donors (Lipinski definition) is 0. The average Bonchev–Trinajstić information content (AvgIpc) is 2.16. The second kappa shape index (κ2) is 6.88. The van der Waals surface area contributed by atoms with E-state index in [9.17, 15) is 4.79 Å². The van der Waals surface area contributed by atoms with Crippen LogP contribution in [0.1, 0.15) is 27.2 Å². The minimum absolute atomic E-state index is 0.192. The van der Waals surface area contributed by atoms with Gasteiger partial charge in [0.25, 0.3) is 0 Å². The lowest BCUT2D eigenvalue weighted by molar-refractivity contribution is -0.143. The second-order valence-corrected chi connectivity index (χ2v) is 3.84. The molecule has 3 heteroatoms. The molecule has 0 fully saturated rings. The van der Waals surface area contributed by atoms with E-state index in [4.69, 9.17) is 9.47 Å². The highest BCUT2D eigenvalue weighted by atomic mass is 16.5. The molecule has 1 atom stereocenters. The smallest absolute Gasteiger partial charge is 0.333 e. The minimum Gasteiger partial charge on any atom is -0.494 e. The molecule has 0 radical (unpaired) electrons. The summed E-state index contributed by atoms with van der Waals surface area (Å²) in [5, 5.41) is 0. The number of allylic oxidation sites excluding steroid dienone is 1. The Morgan fingerprint density at radius 3 is 2.19 bits per heavy atom. The van der Waals surface area contributed by atoms with Gasteiger partial charge in [-0.2, -0.15) is 0 Å². The zero-order valence-corrected chi connectivity index (χ0v) is 10.3. The van der Waals surface area contributed by atoms with Crippen LogP contribution in [0.3, 0.4) is 0 Å². The van der Waals surface area contributed by atoms with Gasteiger partial charge in [-0.3, -0.25) is 0 Å². The van der Waals surface area contributed by atoms with Crippen molar-refractivity contribution >= 4 is 5.97 Å². The van der Waals surface area contributed by atoms with Gasteiger partial charge in [0.1, 0.15) is 11.9 Å². The summed E-state index contributed by atoms with van der Waals surface area (Å²) >= 11 is 0. The van der Waals surface area contributed by atoms with E-state index in [0.29, 0.717) is 24.4 Å². The molecule has 0 heterocycles. The predicted molar refractivity (Wildman–Crippen MR) is 64.9 cm³/mol. The molecule has 90 valence electrons. The standard InChI is InChI=1S/C13H20O3/c1-9(2)12(6)15-8-7-11(5)16-13(14)10(3)4/h11H,1,3,6-8H2,2,4-5H3. The maximum absolute atomic E-state index is 11.2. The largest absolute Gasteiger partial charge is 0.494 e. The molecule has 0 N–H and O–H groups in total. The van der Waals surface area contributed by atoms with Gasteiger partial charge in [0.15, 0.2) is 0 Å². The van der Waals surface area contributed by atoms with Crippen molar-refractivity contribution in [3.8, 4) is 0 Å². The summed E-state index contributed by atoms with van der Waals surface area (Å²) in [6, 6.07) is 0. The van der Waals surface area contributed by atoms with Gasteiger partial charge >= 0.3 is 5.97 Å². The van der Waals surface area contributed by atoms with Crippen LogP contribution in [-0.4, -0.2) is 18.7 Å². The molecule has 0 amide bonds. The molecule has 0 aromatic rings. The first-order valence-corrected chi connectivity index (χ1v) is 5.18. The summed E-state index contributed by atoms with van der Waals surface area (Å²) in [7, 11) is 0. The third-order valence-electron chi connectivity index (χ3n) is 1.93. The molecule has 0 bridgehead atoms. The Bertz CT molecular complexity index is 302. The SMILES string of the molecule is C=C(C)C(=C)OCCC(C)OC(=O)C(=C)C. The number of esters is 1. The van der Waals surface area contributed by atoms with E-state index < -0.39 is 0 Å². The molecule has 16 heavy (non-hydrogen) atoms. The zero-order chi connectivity index (χ0) is 12.7. The summed E-state index contributed by atoms with van der Waals surface area (Å²) in [5.41, 5.74) is 1.20. The van der Waals surface area contributed by atoms with Crippen LogP contribution in [0.25, 0.3) is 0 Å². The summed E-state index contributed by atoms with van der Waals surface area (Å²) in [4.78, 5) is 11.2. The lowest BCUT2D eigenvalue weighted by atomic mass is 10.3. The van der Waals surface area contributed by atoms with E-state index >= 15 is 0 Å². The maximum Gasteiger partial charge on any atom is 0.333 e. The van der Waals surface area contributed by atoms with Crippen molar-refractivity contribution in [2.75, 3.05) is 6.61 Å². The van der Waals surface area contributed by atoms with Crippen molar-refractivity contribution in [2.45, 2.75) is 33.3 Å². The highest BCUT2D eigenvalue weighted by Crippen LogP contribution is 2.08. The fourth-order valence-electron chi connectivity index (χ4n) is 0.814. The second-order valence-electron chi connectivity index (χ2n) is 3.84. The van der Waals surface area contributed by atoms with E-state index in [2.05, 4.69) is 19.7 Å². The van der Waals surface area contributed by atoms with E-state index in [1.165, 1.54) is 0 Å². The van der Waals surface area contributed by atoms with Gasteiger partial charge in [0.2, 0.25) is 0 Å². The van der Waals surface area contributed by atoms with Gasteiger partial charge in [0, 0.05) is 12.0 Å². The van der Waals surface area contributed by atoms with Crippen LogP contribution in [0, 0.1) is 0 Å². The van der Waals surface area contributed by atoms with E-state index in [1.54, 1.807) is 6.92 Å². The molecule has 0 rings (SSSR count). The fourth-order valence-corrected chi connectivity index (χ4v) is 0.814. The topological polar surface area (TPSA) is 35.5 Å². The Morgan fingerprint density at radius 1 is 1.19 bits per heavy atom. The highest BCUT2D eigenvalue weighted by molar-refractivity contribution is 5.87. The quantitative estimate of drug-likeness (QED) is 0.288. The van der Waals surface area contributed by atoms with Crippen molar-refractivity contribution in [3.05, 3.63) is 36.6 Å². The van der Waals surface area contributed by atoms with Crippen LogP contribution in [0.5, 0.6) is 0 Å². The lowest BCUT2D eigenvalue weighted by Gasteiger charge is -2.14. The van der Waals surface area contributed by atoms with Gasteiger partial charge in [-0.05, 0) is 26.3 Å². The minimum atomic E-state index is -0.369. The first-order valence-electron chi connectivity index (χ1n) is 5.18. The van der Waals surface area contributed by atoms with Gasteiger partial charge in [-0.15, -0.1) is 0 Å². The molecule has 0 aromatic heterocycles. The Hall–Kier alpha value is -1.51. The van der Waals surface area contributed by atoms with E-state index in [1.807, 2.05) is 13.8 Å². The molecule has 0 aliphatic rings. The molecular formula is C13H20O3. The number of carbonyl (C=O) groups is 1. The van der Waals surface area contributed by atoms with E-state index in [-0.39, 0.29) is 12.1 Å². The Labute approximate surface area is 97.4 Å². The van der Waals surface area contributed by atoms with Gasteiger partial charge < -0.3 is 9.47 Å². The van der Waals surface area contributed by atoms with Crippen LogP contribution in [0.4, 0.5) is 0 Å². The molecule has 0 saturated carbocycles. The lowest BCUT2D eigenvalue weighted by Crippen LogP contribution is -2.17. The van der Waals surface area contributed by atoms with Crippen LogP contribution in [-0.2, 0) is 14.3 Å². The van der Waals surface area contributed by atoms with Gasteiger partial charge in [-0.1, -0.05) is 19.7 Å². The Kier molecular flexibility index (Phi) is 6.23. The molecule has 1 unspecified atom stereocenters. The number of ether oxygens (including phenoxy) is 2. The zero-order valence-electron chi connectivity index (χ0n) is 10.3. The summed E-state index contributed by atoms with van der Waals surface area (Å²) in [6.45, 7) is 16.6. The molecule has 3 nitrogen and oxygen atoms in total. The molecule has 0 spiro atoms. The summed E-state index contributed by atoms with van der Waals surface area (Å²) in [5.74, 6) is 0.199. The monoisotopic (exact) mass is 224 g/mol. The normalized spacial score (nSPS) is 11.4. The van der Waals surface area contributed by atoms with Gasteiger partial charge in [0.05, 0.1) is 6.61 Å². The predicted octanol–water partition coefficient (Wildman–Crippen LogP) is 2.99. The molecule has 0 aromatic carbocycles. The number of rotatable bonds is 7. The van der Waals surface area contributed by atoms with Gasteiger partial charge in [-0.25, -0.2) is 4.79 Å². The van der Waals surface area contributed by atoms with Crippen molar-refractivity contribution in [2.24, 2.45) is 0 Å². The summed E-state index contributed by atoms with van der Waals surface area (Å²) < 4.78 is 10.4. The Balaban J connectivity index is 3.78. The summed E-state index contributed by atoms with van der Waals surface area (Å²) in [6.07, 6.45) is 0.424. The van der Waals surface area contributed by atoms with Crippen molar-refractivity contribution < 1.29 is 14.3 Å². The average molecular weight is 224 g/mol. The number of hydrogen-bond acceptors (Lipinski definition) is 3. The first-order chi connectivity index (χ1) is 7.34. The van der Waals surface area contributed by atoms with Crippen LogP contribution in [0.2, 0.25) is 0 Å². The van der Waals surface area contributed by atoms with Crippen molar-refractivity contribution in [3.63, 3.8) is 0 Å². The maximum atomic E-state index is 11.2. The molecule has 0 saturated heterocycles. The number of carbonyl (C=O) groups excluding carboxylic acids is 1. The van der Waals surface area contributed by atoms with Crippen LogP contribution >= 0.6 is 0 Å². The fraction of sp³-hybridized carbons (Fsp3) is 0.462. The third kappa shape index (κ3) is 6.06. The first kappa shape index (κ1) is 14.5. The van der Waals surface area contributed by atoms with E-state index in [0.717, 1.165) is 5.57 Å². The Morgan fingerprint density at radius 2 is 1.75 bits per heavy atom. The molecular weight excluding hydrogens is 204 g/mol. The van der Waals surface area contributed by atoms with Crippen LogP contribution in [0.15, 0.2) is 36.6 Å². The van der Waals surface area contributed by atoms with Crippen LogP contribution < -0.4 is 0 Å². The van der Waals surface area contributed by atoms with Crippen molar-refractivity contribution in [1.29, 1.82) is 0 Å². The molecule has 0 aliphatic carbocycles. The van der Waals surface area contributed by atoms with Crippen molar-refractivity contribution in [1.82, 2.24) is 0 Å². The molecule has 0 aliphatic heterocycles. The third-order valence-corrected chi connectivity index (χ3v) is 1.93.